The minimum absolute atomic E-state index is 0.270. The van der Waals surface area contributed by atoms with Crippen molar-refractivity contribution >= 4 is 10.2 Å². The first-order valence-corrected chi connectivity index (χ1v) is 9.67. The first kappa shape index (κ1) is 17.2. The van der Waals surface area contributed by atoms with Crippen molar-refractivity contribution < 1.29 is 8.42 Å². The van der Waals surface area contributed by atoms with E-state index in [0.717, 1.165) is 38.8 Å². The second kappa shape index (κ2) is 6.94. The quantitative estimate of drug-likeness (QED) is 0.843. The van der Waals surface area contributed by atoms with Crippen LogP contribution in [0, 0.1) is 11.3 Å². The summed E-state index contributed by atoms with van der Waals surface area (Å²) in [7, 11) is -3.27. The molecule has 0 radical (unpaired) electrons. The topological polar surface area (TPSA) is 52.7 Å². The highest BCUT2D eigenvalue weighted by Crippen LogP contribution is 2.34. The van der Waals surface area contributed by atoms with Crippen LogP contribution in [-0.2, 0) is 10.2 Å². The molecule has 2 saturated heterocycles. The molecule has 0 aromatic heterocycles. The van der Waals surface area contributed by atoms with E-state index in [-0.39, 0.29) is 5.41 Å². The van der Waals surface area contributed by atoms with Gasteiger partial charge < -0.3 is 5.32 Å². The maximum absolute atomic E-state index is 12.8. The summed E-state index contributed by atoms with van der Waals surface area (Å²) in [4.78, 5) is 0. The van der Waals surface area contributed by atoms with Crippen molar-refractivity contribution in [1.29, 1.82) is 0 Å². The average molecular weight is 317 g/mol. The first-order valence-electron chi connectivity index (χ1n) is 8.28. The van der Waals surface area contributed by atoms with Gasteiger partial charge in [0.1, 0.15) is 0 Å². The third kappa shape index (κ3) is 4.41. The third-order valence-corrected chi connectivity index (χ3v) is 6.90. The van der Waals surface area contributed by atoms with Gasteiger partial charge >= 0.3 is 0 Å². The van der Waals surface area contributed by atoms with Crippen molar-refractivity contribution in [3.8, 4) is 0 Å². The highest BCUT2D eigenvalue weighted by Gasteiger charge is 2.34. The molecule has 0 aromatic rings. The minimum Gasteiger partial charge on any atom is -0.315 e. The fourth-order valence-corrected chi connectivity index (χ4v) is 5.09. The Bertz CT molecular complexity index is 423. The van der Waals surface area contributed by atoms with E-state index < -0.39 is 10.2 Å². The Labute approximate surface area is 130 Å². The summed E-state index contributed by atoms with van der Waals surface area (Å²) in [6, 6.07) is 0. The molecule has 2 aliphatic rings. The van der Waals surface area contributed by atoms with E-state index in [1.807, 2.05) is 0 Å². The fraction of sp³-hybridized carbons (Fsp3) is 1.00. The van der Waals surface area contributed by atoms with Crippen molar-refractivity contribution in [3.63, 3.8) is 0 Å². The van der Waals surface area contributed by atoms with Crippen molar-refractivity contribution in [3.05, 3.63) is 0 Å². The zero-order valence-electron chi connectivity index (χ0n) is 13.8. The summed E-state index contributed by atoms with van der Waals surface area (Å²) < 4.78 is 29.1. The number of rotatable bonds is 2. The van der Waals surface area contributed by atoms with E-state index in [0.29, 0.717) is 32.1 Å². The standard InChI is InChI=1S/C15H31N3O2S/c1-15(2,3)14-6-4-10-17(12-7-14)21(19,20)18-11-5-8-16-9-13-18/h14,16H,4-13H2,1-3H3. The lowest BCUT2D eigenvalue weighted by Gasteiger charge is -2.30. The molecule has 0 saturated carbocycles. The van der Waals surface area contributed by atoms with Crippen LogP contribution in [0.2, 0.25) is 0 Å². The Morgan fingerprint density at radius 3 is 2.29 bits per heavy atom. The molecule has 5 nitrogen and oxygen atoms in total. The monoisotopic (exact) mass is 317 g/mol. The first-order chi connectivity index (χ1) is 9.82. The number of hydrogen-bond acceptors (Lipinski definition) is 3. The highest BCUT2D eigenvalue weighted by atomic mass is 32.2. The molecule has 0 bridgehead atoms. The van der Waals surface area contributed by atoms with Crippen molar-refractivity contribution in [2.75, 3.05) is 39.3 Å². The molecule has 0 spiro atoms. The Kier molecular flexibility index (Phi) is 5.68. The number of hydrogen-bond donors (Lipinski definition) is 1. The van der Waals surface area contributed by atoms with E-state index in [9.17, 15) is 8.42 Å². The highest BCUT2D eigenvalue weighted by molar-refractivity contribution is 7.86. The normalized spacial score (nSPS) is 28.0. The van der Waals surface area contributed by atoms with E-state index in [1.165, 1.54) is 0 Å². The maximum atomic E-state index is 12.8. The molecule has 1 unspecified atom stereocenters. The molecule has 2 fully saturated rings. The SMILES string of the molecule is CC(C)(C)C1CCCN(S(=O)(=O)N2CCCNCC2)CC1. The van der Waals surface area contributed by atoms with Gasteiger partial charge in [-0.15, -0.1) is 0 Å². The minimum atomic E-state index is -3.27. The summed E-state index contributed by atoms with van der Waals surface area (Å²) in [5.41, 5.74) is 0.270. The largest absolute Gasteiger partial charge is 0.315 e. The number of nitrogens with zero attached hydrogens (tertiary/aromatic N) is 2. The number of nitrogens with one attached hydrogen (secondary N) is 1. The molecule has 2 heterocycles. The Morgan fingerprint density at radius 2 is 1.57 bits per heavy atom. The van der Waals surface area contributed by atoms with Crippen LogP contribution in [0.15, 0.2) is 0 Å². The lowest BCUT2D eigenvalue weighted by molar-refractivity contribution is 0.216. The Hall–Kier alpha value is -0.170. The van der Waals surface area contributed by atoms with Crippen LogP contribution in [0.1, 0.15) is 46.5 Å². The molecule has 2 aliphatic heterocycles. The van der Waals surface area contributed by atoms with Crippen LogP contribution in [0.25, 0.3) is 0 Å². The van der Waals surface area contributed by atoms with Gasteiger partial charge in [-0.05, 0) is 43.6 Å². The van der Waals surface area contributed by atoms with Gasteiger partial charge in [0.15, 0.2) is 0 Å². The summed E-state index contributed by atoms with van der Waals surface area (Å²) in [6.45, 7) is 11.1. The van der Waals surface area contributed by atoms with Crippen molar-refractivity contribution in [2.45, 2.75) is 46.5 Å². The molecular formula is C15H31N3O2S. The fourth-order valence-electron chi connectivity index (χ4n) is 3.38. The van der Waals surface area contributed by atoms with E-state index in [4.69, 9.17) is 0 Å². The van der Waals surface area contributed by atoms with E-state index in [1.54, 1.807) is 8.61 Å². The van der Waals surface area contributed by atoms with Gasteiger partial charge in [0.05, 0.1) is 0 Å². The van der Waals surface area contributed by atoms with E-state index in [2.05, 4.69) is 26.1 Å². The van der Waals surface area contributed by atoms with Crippen LogP contribution < -0.4 is 5.32 Å². The predicted octanol–water partition coefficient (Wildman–Crippen LogP) is 1.67. The molecule has 124 valence electrons. The molecule has 6 heteroatoms. The summed E-state index contributed by atoms with van der Waals surface area (Å²) in [6.07, 6.45) is 4.00. The summed E-state index contributed by atoms with van der Waals surface area (Å²) in [5, 5.41) is 3.27. The molecule has 21 heavy (non-hydrogen) atoms. The maximum Gasteiger partial charge on any atom is 0.282 e. The van der Waals surface area contributed by atoms with Crippen LogP contribution in [-0.4, -0.2) is 56.3 Å². The van der Waals surface area contributed by atoms with Gasteiger partial charge in [0, 0.05) is 32.7 Å². The van der Waals surface area contributed by atoms with E-state index >= 15 is 0 Å². The smallest absolute Gasteiger partial charge is 0.282 e. The van der Waals surface area contributed by atoms with Gasteiger partial charge in [-0.2, -0.15) is 17.0 Å². The summed E-state index contributed by atoms with van der Waals surface area (Å²) in [5.74, 6) is 0.614. The van der Waals surface area contributed by atoms with Crippen molar-refractivity contribution in [1.82, 2.24) is 13.9 Å². The van der Waals surface area contributed by atoms with Crippen LogP contribution in [0.4, 0.5) is 0 Å². The van der Waals surface area contributed by atoms with Gasteiger partial charge in [0.2, 0.25) is 0 Å². The second-order valence-corrected chi connectivity index (χ2v) is 9.33. The van der Waals surface area contributed by atoms with Crippen LogP contribution in [0.3, 0.4) is 0 Å². The molecule has 1 atom stereocenters. The lowest BCUT2D eigenvalue weighted by Crippen LogP contribution is -2.45. The molecule has 0 amide bonds. The molecular weight excluding hydrogens is 286 g/mol. The van der Waals surface area contributed by atoms with Gasteiger partial charge in [0.25, 0.3) is 10.2 Å². The zero-order valence-corrected chi connectivity index (χ0v) is 14.6. The summed E-state index contributed by atoms with van der Waals surface area (Å²) >= 11 is 0. The van der Waals surface area contributed by atoms with Gasteiger partial charge in [-0.1, -0.05) is 20.8 Å². The molecule has 1 N–H and O–H groups in total. The Morgan fingerprint density at radius 1 is 0.905 bits per heavy atom. The van der Waals surface area contributed by atoms with Gasteiger partial charge in [-0.25, -0.2) is 0 Å². The Balaban J connectivity index is 2.03. The predicted molar refractivity (Wildman–Crippen MR) is 86.3 cm³/mol. The second-order valence-electron chi connectivity index (χ2n) is 7.40. The van der Waals surface area contributed by atoms with Crippen LogP contribution in [0.5, 0.6) is 0 Å². The average Bonchev–Trinajstić information content (AvgIpc) is 2.81. The molecule has 0 aromatic carbocycles. The molecule has 2 rings (SSSR count). The van der Waals surface area contributed by atoms with Crippen LogP contribution >= 0.6 is 0 Å². The zero-order chi connectivity index (χ0) is 15.5. The molecule has 0 aliphatic carbocycles. The lowest BCUT2D eigenvalue weighted by atomic mass is 9.77. The van der Waals surface area contributed by atoms with Gasteiger partial charge in [-0.3, -0.25) is 0 Å². The van der Waals surface area contributed by atoms with Crippen molar-refractivity contribution in [2.24, 2.45) is 11.3 Å². The third-order valence-electron chi connectivity index (χ3n) is 4.86.